The van der Waals surface area contributed by atoms with Crippen LogP contribution in [0.3, 0.4) is 0 Å². The Balaban J connectivity index is 2.20. The van der Waals surface area contributed by atoms with Crippen LogP contribution in [0.25, 0.3) is 0 Å². The summed E-state index contributed by atoms with van der Waals surface area (Å²) in [6.45, 7) is 1.68. The maximum Gasteiger partial charge on any atom is 0.264 e. The largest absolute Gasteiger partial charge is 0.322 e. The van der Waals surface area contributed by atoms with Gasteiger partial charge in [-0.1, -0.05) is 4.47 Å². The minimum Gasteiger partial charge on any atom is -0.322 e. The van der Waals surface area contributed by atoms with E-state index in [-0.39, 0.29) is 16.3 Å². The number of sulfonamides is 1. The average Bonchev–Trinajstić information content (AvgIpc) is 2.56. The Morgan fingerprint density at radius 3 is 2.33 bits per heavy atom. The van der Waals surface area contributed by atoms with Crippen molar-refractivity contribution in [2.45, 2.75) is 11.8 Å². The zero-order valence-corrected chi connectivity index (χ0v) is 14.2. The van der Waals surface area contributed by atoms with Crippen LogP contribution in [0.4, 0.5) is 10.1 Å². The molecule has 0 atom stereocenters. The first-order chi connectivity index (χ1) is 11.3. The van der Waals surface area contributed by atoms with E-state index in [0.29, 0.717) is 11.3 Å². The summed E-state index contributed by atoms with van der Waals surface area (Å²) in [4.78, 5) is 16.9. The molecule has 0 unspecified atom stereocenters. The molecular weight excluding hydrogens is 335 g/mol. The predicted octanol–water partition coefficient (Wildman–Crippen LogP) is 2.57. The summed E-state index contributed by atoms with van der Waals surface area (Å²) >= 11 is 0. The first-order valence-electron chi connectivity index (χ1n) is 6.96. The zero-order valence-electron chi connectivity index (χ0n) is 13.4. The van der Waals surface area contributed by atoms with Crippen molar-refractivity contribution in [3.8, 4) is 0 Å². The molecule has 1 amide bonds. The summed E-state index contributed by atoms with van der Waals surface area (Å²) in [6.07, 6.45) is 0. The van der Waals surface area contributed by atoms with Crippen LogP contribution in [0.5, 0.6) is 0 Å². The summed E-state index contributed by atoms with van der Waals surface area (Å²) in [7, 11) is -1.25. The average molecular weight is 352 g/mol. The Labute approximate surface area is 139 Å². The molecule has 0 fully saturated rings. The second-order valence-corrected chi connectivity index (χ2v) is 6.97. The lowest BCUT2D eigenvalue weighted by molar-refractivity contribution is -0.0258. The van der Waals surface area contributed by atoms with Gasteiger partial charge in [0.1, 0.15) is 5.82 Å². The highest BCUT2D eigenvalue weighted by atomic mass is 32.2. The topological polar surface area (TPSA) is 75.7 Å². The highest BCUT2D eigenvalue weighted by Gasteiger charge is 2.21. The van der Waals surface area contributed by atoms with Crippen LogP contribution in [0.1, 0.15) is 15.9 Å². The van der Waals surface area contributed by atoms with Gasteiger partial charge in [0, 0.05) is 18.3 Å². The van der Waals surface area contributed by atoms with Gasteiger partial charge in [0.2, 0.25) is 0 Å². The van der Waals surface area contributed by atoms with Crippen molar-refractivity contribution in [2.24, 2.45) is 0 Å². The Hall–Kier alpha value is -2.29. The molecule has 2 rings (SSSR count). The highest BCUT2D eigenvalue weighted by molar-refractivity contribution is 7.89. The van der Waals surface area contributed by atoms with Crippen LogP contribution in [0.15, 0.2) is 47.4 Å². The number of hydrogen-bond donors (Lipinski definition) is 1. The van der Waals surface area contributed by atoms with Crippen molar-refractivity contribution < 1.29 is 22.4 Å². The number of nitrogens with zero attached hydrogens (tertiary/aromatic N) is 1. The van der Waals surface area contributed by atoms with Gasteiger partial charge >= 0.3 is 0 Å². The van der Waals surface area contributed by atoms with Crippen LogP contribution in [-0.2, 0) is 14.9 Å². The fourth-order valence-electron chi connectivity index (χ4n) is 1.99. The van der Waals surface area contributed by atoms with Gasteiger partial charge in [-0.3, -0.25) is 9.63 Å². The van der Waals surface area contributed by atoms with E-state index in [1.807, 2.05) is 0 Å². The number of amides is 1. The molecule has 1 N–H and O–H groups in total. The number of halogens is 1. The van der Waals surface area contributed by atoms with Crippen LogP contribution >= 0.6 is 0 Å². The summed E-state index contributed by atoms with van der Waals surface area (Å²) in [5.74, 6) is -0.809. The van der Waals surface area contributed by atoms with Crippen LogP contribution < -0.4 is 5.32 Å². The normalized spacial score (nSPS) is 11.5. The van der Waals surface area contributed by atoms with E-state index in [4.69, 9.17) is 0 Å². The number of carbonyl (C=O) groups is 1. The predicted molar refractivity (Wildman–Crippen MR) is 87.5 cm³/mol. The number of nitrogens with one attached hydrogen (secondary N) is 1. The molecule has 0 aliphatic heterocycles. The molecule has 0 heterocycles. The van der Waals surface area contributed by atoms with Crippen molar-refractivity contribution >= 4 is 21.6 Å². The van der Waals surface area contributed by atoms with E-state index in [1.54, 1.807) is 6.92 Å². The molecular formula is C16H17FN2O4S. The molecule has 8 heteroatoms. The third kappa shape index (κ3) is 3.78. The number of benzene rings is 2. The molecule has 0 spiro atoms. The standard InChI is InChI=1S/C16H17FN2O4S/c1-11-10-13(17)6-9-15(11)18-16(20)12-4-7-14(8-5-12)24(21,22)19(2)23-3/h4-10H,1-3H3,(H,18,20). The molecule has 0 saturated carbocycles. The molecule has 0 radical (unpaired) electrons. The summed E-state index contributed by atoms with van der Waals surface area (Å²) in [5, 5.41) is 2.66. The van der Waals surface area contributed by atoms with Gasteiger partial charge in [-0.2, -0.15) is 0 Å². The molecule has 0 aliphatic carbocycles. The lowest BCUT2D eigenvalue weighted by Gasteiger charge is -2.14. The smallest absolute Gasteiger partial charge is 0.264 e. The van der Waals surface area contributed by atoms with Crippen molar-refractivity contribution in [1.29, 1.82) is 0 Å². The van der Waals surface area contributed by atoms with Crippen molar-refractivity contribution in [1.82, 2.24) is 4.47 Å². The fraction of sp³-hybridized carbons (Fsp3) is 0.188. The summed E-state index contributed by atoms with van der Waals surface area (Å²) in [6, 6.07) is 9.45. The number of hydrogen-bond acceptors (Lipinski definition) is 4. The molecule has 2 aromatic carbocycles. The maximum atomic E-state index is 13.1. The third-order valence-electron chi connectivity index (χ3n) is 3.45. The summed E-state index contributed by atoms with van der Waals surface area (Å²) < 4.78 is 38.0. The molecule has 24 heavy (non-hydrogen) atoms. The Morgan fingerprint density at radius 2 is 1.79 bits per heavy atom. The second-order valence-electron chi connectivity index (χ2n) is 5.04. The van der Waals surface area contributed by atoms with Crippen LogP contribution in [-0.4, -0.2) is 33.0 Å². The zero-order chi connectivity index (χ0) is 17.9. The number of carbonyl (C=O) groups excluding carboxylic acids is 1. The Bertz CT molecular complexity index is 851. The third-order valence-corrected chi connectivity index (χ3v) is 5.14. The van der Waals surface area contributed by atoms with Crippen molar-refractivity contribution in [2.75, 3.05) is 19.5 Å². The summed E-state index contributed by atoms with van der Waals surface area (Å²) in [5.41, 5.74) is 1.35. The van der Waals surface area contributed by atoms with Gasteiger partial charge in [0.15, 0.2) is 0 Å². The number of aryl methyl sites for hydroxylation is 1. The number of rotatable bonds is 5. The number of anilines is 1. The lowest BCUT2D eigenvalue weighted by atomic mass is 10.1. The molecule has 0 bridgehead atoms. The van der Waals surface area contributed by atoms with Crippen molar-refractivity contribution in [3.05, 3.63) is 59.4 Å². The van der Waals surface area contributed by atoms with Crippen LogP contribution in [0, 0.1) is 12.7 Å². The van der Waals surface area contributed by atoms with Gasteiger partial charge in [-0.05, 0) is 55.0 Å². The van der Waals surface area contributed by atoms with E-state index in [1.165, 1.54) is 56.6 Å². The minimum atomic E-state index is -3.76. The Morgan fingerprint density at radius 1 is 1.17 bits per heavy atom. The van der Waals surface area contributed by atoms with E-state index >= 15 is 0 Å². The SMILES string of the molecule is CON(C)S(=O)(=O)c1ccc(C(=O)Nc2ccc(F)cc2C)cc1. The van der Waals surface area contributed by atoms with Crippen molar-refractivity contribution in [3.63, 3.8) is 0 Å². The number of hydroxylamine groups is 1. The monoisotopic (exact) mass is 352 g/mol. The molecule has 0 aromatic heterocycles. The van der Waals surface area contributed by atoms with Gasteiger partial charge in [-0.15, -0.1) is 0 Å². The highest BCUT2D eigenvalue weighted by Crippen LogP contribution is 2.18. The van der Waals surface area contributed by atoms with Crippen LogP contribution in [0.2, 0.25) is 0 Å². The van der Waals surface area contributed by atoms with Gasteiger partial charge in [0.05, 0.1) is 12.0 Å². The van der Waals surface area contributed by atoms with E-state index < -0.39 is 15.9 Å². The molecule has 0 aliphatic rings. The molecule has 6 nitrogen and oxygen atoms in total. The molecule has 2 aromatic rings. The van der Waals surface area contributed by atoms with Gasteiger partial charge in [-0.25, -0.2) is 12.8 Å². The first-order valence-corrected chi connectivity index (χ1v) is 8.40. The minimum absolute atomic E-state index is 0.00126. The van der Waals surface area contributed by atoms with E-state index in [9.17, 15) is 17.6 Å². The van der Waals surface area contributed by atoms with E-state index in [0.717, 1.165) is 4.47 Å². The van der Waals surface area contributed by atoms with Gasteiger partial charge < -0.3 is 5.32 Å². The quantitative estimate of drug-likeness (QED) is 0.839. The first kappa shape index (κ1) is 18.1. The maximum absolute atomic E-state index is 13.1. The Kier molecular flexibility index (Phi) is 5.33. The molecule has 0 saturated heterocycles. The van der Waals surface area contributed by atoms with Gasteiger partial charge in [0.25, 0.3) is 15.9 Å². The molecule has 128 valence electrons. The fourth-order valence-corrected chi connectivity index (χ4v) is 2.96. The second kappa shape index (κ2) is 7.08. The van der Waals surface area contributed by atoms with E-state index in [2.05, 4.69) is 10.2 Å². The lowest BCUT2D eigenvalue weighted by Crippen LogP contribution is -2.25.